The predicted molar refractivity (Wildman–Crippen MR) is 75.9 cm³/mol. The Balaban J connectivity index is 2.06. The summed E-state index contributed by atoms with van der Waals surface area (Å²) in [6.07, 6.45) is 0. The maximum atomic E-state index is 9.98. The van der Waals surface area contributed by atoms with Gasteiger partial charge in [-0.05, 0) is 5.56 Å². The van der Waals surface area contributed by atoms with Gasteiger partial charge in [0, 0.05) is 6.92 Å². The summed E-state index contributed by atoms with van der Waals surface area (Å²) in [5.74, 6) is -1.69. The van der Waals surface area contributed by atoms with Gasteiger partial charge in [0.1, 0.15) is 5.84 Å². The number of amidine groups is 1. The van der Waals surface area contributed by atoms with Crippen molar-refractivity contribution in [1.29, 1.82) is 15.9 Å². The highest BCUT2D eigenvalue weighted by Gasteiger charge is 2.79. The van der Waals surface area contributed by atoms with Crippen molar-refractivity contribution < 1.29 is 9.47 Å². The highest BCUT2D eigenvalue weighted by molar-refractivity contribution is 6.13. The smallest absolute Gasteiger partial charge is 0.218 e. The van der Waals surface area contributed by atoms with Gasteiger partial charge >= 0.3 is 0 Å². The van der Waals surface area contributed by atoms with Gasteiger partial charge in [-0.15, -0.1) is 0 Å². The first-order chi connectivity index (χ1) is 10.5. The van der Waals surface area contributed by atoms with Crippen molar-refractivity contribution in [2.45, 2.75) is 18.6 Å². The first kappa shape index (κ1) is 13.0. The van der Waals surface area contributed by atoms with Gasteiger partial charge in [-0.1, -0.05) is 30.3 Å². The highest BCUT2D eigenvalue weighted by atomic mass is 16.7. The van der Waals surface area contributed by atoms with Crippen LogP contribution in [0.4, 0.5) is 0 Å². The van der Waals surface area contributed by atoms with Crippen molar-refractivity contribution >= 4 is 11.7 Å². The molecule has 1 aromatic carbocycles. The summed E-state index contributed by atoms with van der Waals surface area (Å²) in [5.41, 5.74) is -1.94. The second-order valence-electron chi connectivity index (χ2n) is 5.95. The molecule has 0 amide bonds. The Bertz CT molecular complexity index is 806. The summed E-state index contributed by atoms with van der Waals surface area (Å²) in [5, 5.41) is 28.0. The molecule has 4 aliphatic rings. The van der Waals surface area contributed by atoms with Gasteiger partial charge in [0.2, 0.25) is 11.7 Å². The van der Waals surface area contributed by atoms with Crippen LogP contribution in [0, 0.1) is 38.9 Å². The topological polar surface area (TPSA) is 102 Å². The fraction of sp³-hybridized carbons (Fsp3) is 0.375. The maximum absolute atomic E-state index is 9.98. The van der Waals surface area contributed by atoms with E-state index in [1.807, 2.05) is 30.3 Å². The van der Waals surface area contributed by atoms with Crippen molar-refractivity contribution in [1.82, 2.24) is 0 Å². The number of benzene rings is 1. The number of ether oxygens (including phenoxy) is 2. The summed E-state index contributed by atoms with van der Waals surface area (Å²) in [4.78, 5) is 4.09. The summed E-state index contributed by atoms with van der Waals surface area (Å²) in [6, 6.07) is 13.7. The van der Waals surface area contributed by atoms with Crippen molar-refractivity contribution in [3.63, 3.8) is 0 Å². The van der Waals surface area contributed by atoms with Crippen molar-refractivity contribution in [3.8, 4) is 12.1 Å². The number of hydrogen-bond acceptors (Lipinski definition) is 5. The molecule has 1 aromatic rings. The van der Waals surface area contributed by atoms with Crippen LogP contribution in [0.2, 0.25) is 0 Å². The van der Waals surface area contributed by atoms with Crippen molar-refractivity contribution in [2.75, 3.05) is 6.61 Å². The zero-order chi connectivity index (χ0) is 15.6. The van der Waals surface area contributed by atoms with Crippen LogP contribution in [0.15, 0.2) is 35.3 Å². The molecule has 22 heavy (non-hydrogen) atoms. The predicted octanol–water partition coefficient (Wildman–Crippen LogP) is 1.96. The van der Waals surface area contributed by atoms with Gasteiger partial charge < -0.3 is 9.47 Å². The lowest BCUT2D eigenvalue weighted by Crippen LogP contribution is -2.69. The van der Waals surface area contributed by atoms with E-state index in [9.17, 15) is 10.5 Å². The fourth-order valence-electron chi connectivity index (χ4n) is 3.91. The fourth-order valence-corrected chi connectivity index (χ4v) is 3.91. The molecule has 0 spiro atoms. The average molecular weight is 292 g/mol. The number of rotatable bonds is 1. The Morgan fingerprint density at radius 2 is 2.00 bits per heavy atom. The Morgan fingerprint density at radius 3 is 2.64 bits per heavy atom. The first-order valence-electron chi connectivity index (χ1n) is 6.93. The lowest BCUT2D eigenvalue weighted by Gasteiger charge is -2.57. The molecule has 0 aliphatic carbocycles. The maximum Gasteiger partial charge on any atom is 0.218 e. The molecule has 4 atom stereocenters. The molecule has 4 bridgehead atoms. The lowest BCUT2D eigenvalue weighted by molar-refractivity contribution is -0.280. The molecule has 108 valence electrons. The largest absolute Gasteiger partial charge is 0.447 e. The molecule has 6 heteroatoms. The Hall–Kier alpha value is -2.70. The molecule has 4 aliphatic heterocycles. The number of hydrogen-bond donors (Lipinski definition) is 1. The number of aliphatic imine (C=N–C) groups is 1. The molecule has 0 unspecified atom stereocenters. The quantitative estimate of drug-likeness (QED) is 0.854. The normalized spacial score (nSPS) is 41.3. The van der Waals surface area contributed by atoms with Gasteiger partial charge in [-0.2, -0.15) is 15.5 Å². The zero-order valence-corrected chi connectivity index (χ0v) is 11.8. The van der Waals surface area contributed by atoms with E-state index >= 15 is 0 Å². The minimum Gasteiger partial charge on any atom is -0.447 e. The molecule has 0 radical (unpaired) electrons. The molecular formula is C16H12N4O2. The summed E-state index contributed by atoms with van der Waals surface area (Å²) < 4.78 is 11.6. The Labute approximate surface area is 127 Å². The van der Waals surface area contributed by atoms with E-state index in [1.54, 1.807) is 6.92 Å². The number of nitriles is 2. The number of nitrogens with one attached hydrogen (secondary N) is 1. The third kappa shape index (κ3) is 1.11. The van der Waals surface area contributed by atoms with Gasteiger partial charge in [0.25, 0.3) is 0 Å². The van der Waals surface area contributed by atoms with Crippen molar-refractivity contribution in [3.05, 3.63) is 35.9 Å². The van der Waals surface area contributed by atoms with E-state index < -0.39 is 22.5 Å². The molecule has 0 aromatic heterocycles. The van der Waals surface area contributed by atoms with E-state index in [0.29, 0.717) is 0 Å². The SMILES string of the molecule is C[C@@]12OC[C@@]3(C#N)C(=NC(=N)[C@@]3(C#N)[C@H]1c1ccccc1)O2. The van der Waals surface area contributed by atoms with E-state index in [2.05, 4.69) is 17.1 Å². The number of fused-ring (bicyclic) bond motifs is 1. The first-order valence-corrected chi connectivity index (χ1v) is 6.93. The molecule has 4 heterocycles. The van der Waals surface area contributed by atoms with Crippen LogP contribution >= 0.6 is 0 Å². The second-order valence-corrected chi connectivity index (χ2v) is 5.95. The van der Waals surface area contributed by atoms with E-state index in [1.165, 1.54) is 0 Å². The van der Waals surface area contributed by atoms with E-state index in [-0.39, 0.29) is 18.3 Å². The third-order valence-electron chi connectivity index (χ3n) is 4.96. The molecule has 3 fully saturated rings. The van der Waals surface area contributed by atoms with Crippen LogP contribution in [0.25, 0.3) is 0 Å². The van der Waals surface area contributed by atoms with E-state index in [4.69, 9.17) is 14.9 Å². The van der Waals surface area contributed by atoms with Crippen LogP contribution in [0.5, 0.6) is 0 Å². The minimum atomic E-state index is -1.39. The molecule has 3 saturated heterocycles. The number of nitrogens with zero attached hydrogens (tertiary/aromatic N) is 3. The van der Waals surface area contributed by atoms with Crippen LogP contribution in [0.1, 0.15) is 18.4 Å². The molecule has 6 nitrogen and oxygen atoms in total. The molecule has 1 N–H and O–H groups in total. The Kier molecular flexibility index (Phi) is 2.21. The molecule has 5 rings (SSSR count). The second kappa shape index (κ2) is 3.73. The van der Waals surface area contributed by atoms with Gasteiger partial charge in [0.05, 0.1) is 24.7 Å². The van der Waals surface area contributed by atoms with Crippen LogP contribution < -0.4 is 0 Å². The van der Waals surface area contributed by atoms with Gasteiger partial charge in [-0.25, -0.2) is 0 Å². The highest BCUT2D eigenvalue weighted by Crippen LogP contribution is 2.66. The van der Waals surface area contributed by atoms with Gasteiger partial charge in [-0.3, -0.25) is 5.41 Å². The lowest BCUT2D eigenvalue weighted by atomic mass is 9.52. The zero-order valence-electron chi connectivity index (χ0n) is 11.8. The van der Waals surface area contributed by atoms with E-state index in [0.717, 1.165) is 5.56 Å². The average Bonchev–Trinajstić information content (AvgIpc) is 2.72. The molecule has 0 saturated carbocycles. The monoisotopic (exact) mass is 292 g/mol. The third-order valence-corrected chi connectivity index (χ3v) is 4.96. The summed E-state index contributed by atoms with van der Waals surface area (Å²) in [6.45, 7) is 1.75. The van der Waals surface area contributed by atoms with Crippen LogP contribution in [-0.4, -0.2) is 24.1 Å². The van der Waals surface area contributed by atoms with Crippen LogP contribution in [0.3, 0.4) is 0 Å². The minimum absolute atomic E-state index is 0.0120. The summed E-state index contributed by atoms with van der Waals surface area (Å²) >= 11 is 0. The van der Waals surface area contributed by atoms with Crippen molar-refractivity contribution in [2.24, 2.45) is 15.8 Å². The summed E-state index contributed by atoms with van der Waals surface area (Å²) in [7, 11) is 0. The standard InChI is InChI=1S/C16H12N4O2/c1-14-11(10-5-3-2-4-6-10)16(8-18)12(19)20-13(22-14)15(16,7-17)9-21-14/h2-6,11,19H,9H2,1H3/t11-,14-,15-,16+/m0/s1. The Morgan fingerprint density at radius 1 is 1.27 bits per heavy atom. The van der Waals surface area contributed by atoms with Crippen LogP contribution in [-0.2, 0) is 9.47 Å². The molecular weight excluding hydrogens is 280 g/mol. The van der Waals surface area contributed by atoms with Gasteiger partial charge in [0.15, 0.2) is 10.8 Å².